The lowest BCUT2D eigenvalue weighted by atomic mass is 9.95. The fourth-order valence-corrected chi connectivity index (χ4v) is 3.99. The van der Waals surface area contributed by atoms with Crippen molar-refractivity contribution in [1.29, 1.82) is 0 Å². The van der Waals surface area contributed by atoms with Gasteiger partial charge in [-0.1, -0.05) is 41.4 Å². The van der Waals surface area contributed by atoms with Crippen molar-refractivity contribution in [3.8, 4) is 5.75 Å². The van der Waals surface area contributed by atoms with Gasteiger partial charge in [0, 0.05) is 24.5 Å². The molecule has 0 radical (unpaired) electrons. The van der Waals surface area contributed by atoms with Crippen molar-refractivity contribution in [1.82, 2.24) is 9.88 Å². The molecule has 6 nitrogen and oxygen atoms in total. The van der Waals surface area contributed by atoms with Crippen molar-refractivity contribution in [3.63, 3.8) is 0 Å². The predicted molar refractivity (Wildman–Crippen MR) is 122 cm³/mol. The third-order valence-corrected chi connectivity index (χ3v) is 5.98. The van der Waals surface area contributed by atoms with E-state index in [4.69, 9.17) is 27.9 Å². The van der Waals surface area contributed by atoms with Crippen LogP contribution >= 0.6 is 23.2 Å². The second-order valence-electron chi connectivity index (χ2n) is 7.19. The van der Waals surface area contributed by atoms with Crippen molar-refractivity contribution < 1.29 is 19.4 Å². The molecule has 4 rings (SSSR count). The van der Waals surface area contributed by atoms with Gasteiger partial charge in [-0.2, -0.15) is 0 Å². The van der Waals surface area contributed by atoms with Gasteiger partial charge >= 0.3 is 0 Å². The smallest absolute Gasteiger partial charge is 0.295 e. The normalized spacial score (nSPS) is 17.6. The minimum atomic E-state index is -0.857. The molecule has 1 fully saturated rings. The summed E-state index contributed by atoms with van der Waals surface area (Å²) in [5.41, 5.74) is 1.66. The first-order valence-electron chi connectivity index (χ1n) is 9.67. The molecule has 2 aromatic carbocycles. The first kappa shape index (κ1) is 21.9. The third-order valence-electron chi connectivity index (χ3n) is 5.24. The number of rotatable bonds is 5. The Balaban J connectivity index is 1.89. The number of ketones is 1. The van der Waals surface area contributed by atoms with Gasteiger partial charge in [0.05, 0.1) is 28.8 Å². The zero-order valence-corrected chi connectivity index (χ0v) is 18.5. The second kappa shape index (κ2) is 9.02. The van der Waals surface area contributed by atoms with Crippen LogP contribution in [0.1, 0.15) is 22.7 Å². The zero-order chi connectivity index (χ0) is 22.8. The van der Waals surface area contributed by atoms with E-state index in [1.807, 2.05) is 0 Å². The van der Waals surface area contributed by atoms with E-state index < -0.39 is 17.7 Å². The second-order valence-corrected chi connectivity index (χ2v) is 8.00. The van der Waals surface area contributed by atoms with Gasteiger partial charge in [0.2, 0.25) is 0 Å². The van der Waals surface area contributed by atoms with Crippen LogP contribution in [-0.2, 0) is 16.1 Å². The van der Waals surface area contributed by atoms with Gasteiger partial charge in [-0.3, -0.25) is 14.6 Å². The number of amides is 1. The number of ether oxygens (including phenoxy) is 1. The molecule has 1 aromatic heterocycles. The first-order valence-corrected chi connectivity index (χ1v) is 10.4. The molecule has 0 saturated carbocycles. The van der Waals surface area contributed by atoms with Gasteiger partial charge in [0.1, 0.15) is 11.5 Å². The van der Waals surface area contributed by atoms with Crippen molar-refractivity contribution in [2.24, 2.45) is 0 Å². The molecule has 0 aliphatic carbocycles. The molecule has 1 amide bonds. The number of hydrogen-bond donors (Lipinski definition) is 1. The van der Waals surface area contributed by atoms with Gasteiger partial charge in [-0.15, -0.1) is 0 Å². The van der Waals surface area contributed by atoms with Crippen molar-refractivity contribution in [2.45, 2.75) is 12.6 Å². The maximum atomic E-state index is 13.1. The highest BCUT2D eigenvalue weighted by Gasteiger charge is 2.46. The molecule has 0 spiro atoms. The van der Waals surface area contributed by atoms with Gasteiger partial charge < -0.3 is 14.7 Å². The monoisotopic (exact) mass is 468 g/mol. The molecule has 1 N–H and O–H groups in total. The first-order chi connectivity index (χ1) is 15.4. The van der Waals surface area contributed by atoms with E-state index in [1.54, 1.807) is 67.0 Å². The lowest BCUT2D eigenvalue weighted by molar-refractivity contribution is -0.140. The average Bonchev–Trinajstić information content (AvgIpc) is 3.06. The maximum absolute atomic E-state index is 13.1. The van der Waals surface area contributed by atoms with Crippen molar-refractivity contribution in [2.75, 3.05) is 7.11 Å². The molecule has 32 heavy (non-hydrogen) atoms. The Hall–Kier alpha value is -3.35. The Bertz CT molecular complexity index is 1230. The van der Waals surface area contributed by atoms with E-state index in [9.17, 15) is 14.7 Å². The minimum absolute atomic E-state index is 0.0318. The number of pyridine rings is 1. The summed E-state index contributed by atoms with van der Waals surface area (Å²) < 4.78 is 5.22. The standard InChI is InChI=1S/C24H18Cl2N2O4/c1-32-17-4-2-3-16(11-17)22(29)20-21(15-5-6-18(25)19(26)12-15)28(24(31)23(20)30)13-14-7-9-27-10-8-14/h2-12,21,29H,13H2,1H3. The molecule has 1 unspecified atom stereocenters. The molecular weight excluding hydrogens is 451 g/mol. The summed E-state index contributed by atoms with van der Waals surface area (Å²) in [6.45, 7) is 0.146. The molecule has 1 aliphatic rings. The van der Waals surface area contributed by atoms with E-state index in [2.05, 4.69) is 4.98 Å². The number of aliphatic hydroxyl groups excluding tert-OH is 1. The van der Waals surface area contributed by atoms with Crippen molar-refractivity contribution in [3.05, 3.63) is 99.3 Å². The Kier molecular flexibility index (Phi) is 6.17. The quantitative estimate of drug-likeness (QED) is 0.323. The topological polar surface area (TPSA) is 79.7 Å². The van der Waals surface area contributed by atoms with Crippen LogP contribution in [-0.4, -0.2) is 33.8 Å². The molecular formula is C24H18Cl2N2O4. The number of carbonyl (C=O) groups is 2. The Morgan fingerprint density at radius 1 is 1.06 bits per heavy atom. The number of hydrogen-bond acceptors (Lipinski definition) is 5. The average molecular weight is 469 g/mol. The van der Waals surface area contributed by atoms with Crippen LogP contribution in [0.5, 0.6) is 5.75 Å². The highest BCUT2D eigenvalue weighted by molar-refractivity contribution is 6.46. The number of benzene rings is 2. The summed E-state index contributed by atoms with van der Waals surface area (Å²) in [6, 6.07) is 14.2. The zero-order valence-electron chi connectivity index (χ0n) is 17.0. The van der Waals surface area contributed by atoms with E-state index in [-0.39, 0.29) is 22.9 Å². The fraction of sp³-hybridized carbons (Fsp3) is 0.125. The van der Waals surface area contributed by atoms with Crippen LogP contribution in [0.2, 0.25) is 10.0 Å². The third kappa shape index (κ3) is 4.07. The molecule has 162 valence electrons. The molecule has 0 bridgehead atoms. The Morgan fingerprint density at radius 3 is 2.50 bits per heavy atom. The number of carbonyl (C=O) groups excluding carboxylic acids is 2. The predicted octanol–water partition coefficient (Wildman–Crippen LogP) is 5.02. The van der Waals surface area contributed by atoms with Gasteiger partial charge in [-0.25, -0.2) is 0 Å². The summed E-state index contributed by atoms with van der Waals surface area (Å²) in [7, 11) is 1.50. The van der Waals surface area contributed by atoms with Gasteiger partial charge in [0.25, 0.3) is 11.7 Å². The molecule has 2 heterocycles. The maximum Gasteiger partial charge on any atom is 0.295 e. The number of Topliss-reactive ketones (excluding diaryl/α,β-unsaturated/α-hetero) is 1. The summed E-state index contributed by atoms with van der Waals surface area (Å²) >= 11 is 12.3. The van der Waals surface area contributed by atoms with Crippen LogP contribution in [0.15, 0.2) is 72.6 Å². The molecule has 1 atom stereocenters. The Morgan fingerprint density at radius 2 is 1.81 bits per heavy atom. The number of likely N-dealkylation sites (tertiary alicyclic amines) is 1. The van der Waals surface area contributed by atoms with Gasteiger partial charge in [-0.05, 0) is 47.5 Å². The van der Waals surface area contributed by atoms with Crippen LogP contribution < -0.4 is 4.74 Å². The fourth-order valence-electron chi connectivity index (χ4n) is 3.68. The lowest BCUT2D eigenvalue weighted by Crippen LogP contribution is -2.29. The minimum Gasteiger partial charge on any atom is -0.507 e. The SMILES string of the molecule is COc1cccc(C(O)=C2C(=O)C(=O)N(Cc3ccncc3)C2c2ccc(Cl)c(Cl)c2)c1. The summed E-state index contributed by atoms with van der Waals surface area (Å²) in [4.78, 5) is 31.5. The van der Waals surface area contributed by atoms with E-state index >= 15 is 0 Å². The summed E-state index contributed by atoms with van der Waals surface area (Å²) in [5.74, 6) is -1.29. The number of methoxy groups -OCH3 is 1. The number of nitrogens with zero attached hydrogens (tertiary/aromatic N) is 2. The number of aliphatic hydroxyl groups is 1. The molecule has 1 saturated heterocycles. The van der Waals surface area contributed by atoms with Crippen LogP contribution in [0.4, 0.5) is 0 Å². The number of halogens is 2. The van der Waals surface area contributed by atoms with E-state index in [0.29, 0.717) is 21.9 Å². The van der Waals surface area contributed by atoms with Crippen LogP contribution in [0, 0.1) is 0 Å². The van der Waals surface area contributed by atoms with Crippen LogP contribution in [0.25, 0.3) is 5.76 Å². The van der Waals surface area contributed by atoms with Crippen LogP contribution in [0.3, 0.4) is 0 Å². The molecule has 8 heteroatoms. The largest absolute Gasteiger partial charge is 0.507 e. The highest BCUT2D eigenvalue weighted by Crippen LogP contribution is 2.41. The lowest BCUT2D eigenvalue weighted by Gasteiger charge is -2.25. The highest BCUT2D eigenvalue weighted by atomic mass is 35.5. The Labute approximate surface area is 194 Å². The van der Waals surface area contributed by atoms with E-state index in [0.717, 1.165) is 5.56 Å². The summed E-state index contributed by atoms with van der Waals surface area (Å²) in [6.07, 6.45) is 3.21. The van der Waals surface area contributed by atoms with Gasteiger partial charge in [0.15, 0.2) is 0 Å². The summed E-state index contributed by atoms with van der Waals surface area (Å²) in [5, 5.41) is 11.7. The van der Waals surface area contributed by atoms with E-state index in [1.165, 1.54) is 12.0 Å². The molecule has 3 aromatic rings. The molecule has 1 aliphatic heterocycles. The van der Waals surface area contributed by atoms with Crippen molar-refractivity contribution >= 4 is 40.7 Å². The number of aromatic nitrogens is 1.